The lowest BCUT2D eigenvalue weighted by atomic mass is 9.71. The number of hydrogen-bond acceptors (Lipinski definition) is 4. The first kappa shape index (κ1) is 29.7. The minimum absolute atomic E-state index is 0.188. The van der Waals surface area contributed by atoms with Gasteiger partial charge < -0.3 is 9.47 Å². The van der Waals surface area contributed by atoms with E-state index in [1.54, 1.807) is 6.08 Å². The summed E-state index contributed by atoms with van der Waals surface area (Å²) in [6.07, 6.45) is 4.91. The molecule has 0 amide bonds. The summed E-state index contributed by atoms with van der Waals surface area (Å²) in [5.74, 6) is 2.18. The molecule has 2 aliphatic carbocycles. The molecule has 0 spiro atoms. The first-order valence-corrected chi connectivity index (χ1v) is 16.6. The number of ketones is 1. The van der Waals surface area contributed by atoms with E-state index in [1.807, 2.05) is 44.2 Å². The number of piperidine rings is 1. The van der Waals surface area contributed by atoms with Crippen LogP contribution < -0.4 is 0 Å². The number of carbonyl (C=O) groups excluding carboxylic acids is 1. The van der Waals surface area contributed by atoms with Crippen molar-refractivity contribution in [1.82, 2.24) is 4.90 Å². The third-order valence-electron chi connectivity index (χ3n) is 10.0. The number of carbonyl (C=O) groups is 1. The number of Topliss-reactive ketones (excluding diaryl/α,β-unsaturated/α-hetero) is 1. The second kappa shape index (κ2) is 12.4. The van der Waals surface area contributed by atoms with Gasteiger partial charge in [-0.3, -0.25) is 9.69 Å². The summed E-state index contributed by atoms with van der Waals surface area (Å²) >= 11 is 0. The number of alkyl halides is 1. The average Bonchev–Trinajstić information content (AvgIpc) is 3.05. The van der Waals surface area contributed by atoms with E-state index in [1.165, 1.54) is 32.7 Å². The first-order valence-electron chi connectivity index (χ1n) is 16.6. The predicted octanol–water partition coefficient (Wildman–Crippen LogP) is 8.78. The number of nitrogens with zero attached hydrogens (tertiary/aromatic N) is 1. The number of ether oxygens (including phenoxy) is 2. The van der Waals surface area contributed by atoms with Crippen molar-refractivity contribution in [2.75, 3.05) is 32.8 Å². The second-order valence-corrected chi connectivity index (χ2v) is 12.9. The largest absolute Gasteiger partial charge is 0.497 e. The van der Waals surface area contributed by atoms with Crippen LogP contribution in [0.15, 0.2) is 96.5 Å². The van der Waals surface area contributed by atoms with Gasteiger partial charge in [0.25, 0.3) is 0 Å². The highest BCUT2D eigenvalue weighted by Gasteiger charge is 2.41. The average molecular weight is 604 g/mol. The summed E-state index contributed by atoms with van der Waals surface area (Å²) in [5, 5.41) is 4.90. The number of hydrogen-bond donors (Lipinski definition) is 0. The molecule has 3 aliphatic rings. The zero-order chi connectivity index (χ0) is 31.0. The number of halogens is 1. The van der Waals surface area contributed by atoms with Crippen molar-refractivity contribution in [1.29, 1.82) is 0 Å². The molecule has 0 bridgehead atoms. The predicted molar refractivity (Wildman–Crippen MR) is 180 cm³/mol. The summed E-state index contributed by atoms with van der Waals surface area (Å²) in [5.41, 5.74) is 2.80. The van der Waals surface area contributed by atoms with Gasteiger partial charge in [0, 0.05) is 25.8 Å². The molecular formula is C40H42FNO3. The Kier molecular flexibility index (Phi) is 8.22. The highest BCUT2D eigenvalue weighted by Crippen LogP contribution is 2.45. The van der Waals surface area contributed by atoms with E-state index < -0.39 is 5.67 Å². The van der Waals surface area contributed by atoms with E-state index in [0.717, 1.165) is 37.1 Å². The van der Waals surface area contributed by atoms with Crippen molar-refractivity contribution in [3.63, 3.8) is 0 Å². The van der Waals surface area contributed by atoms with Crippen molar-refractivity contribution < 1.29 is 18.7 Å². The molecule has 2 atom stereocenters. The van der Waals surface area contributed by atoms with Crippen molar-refractivity contribution in [3.8, 4) is 0 Å². The molecule has 45 heavy (non-hydrogen) atoms. The van der Waals surface area contributed by atoms with Crippen LogP contribution in [0.1, 0.15) is 62.1 Å². The molecular weight excluding hydrogens is 561 g/mol. The van der Waals surface area contributed by atoms with Gasteiger partial charge >= 0.3 is 0 Å². The Morgan fingerprint density at radius 3 is 2.36 bits per heavy atom. The van der Waals surface area contributed by atoms with Gasteiger partial charge in [-0.25, -0.2) is 4.39 Å². The normalized spacial score (nSPS) is 22.9. The maximum absolute atomic E-state index is 16.8. The molecule has 4 nitrogen and oxygen atoms in total. The van der Waals surface area contributed by atoms with Crippen molar-refractivity contribution in [2.24, 2.45) is 5.92 Å². The van der Waals surface area contributed by atoms with Crippen LogP contribution in [0.4, 0.5) is 4.39 Å². The molecule has 7 rings (SSSR count). The smallest absolute Gasteiger partial charge is 0.152 e. The fourth-order valence-electron chi connectivity index (χ4n) is 8.07. The van der Waals surface area contributed by atoms with Gasteiger partial charge in [0.15, 0.2) is 5.67 Å². The van der Waals surface area contributed by atoms with Gasteiger partial charge in [-0.15, -0.1) is 0 Å². The van der Waals surface area contributed by atoms with Gasteiger partial charge in [0.2, 0.25) is 0 Å². The van der Waals surface area contributed by atoms with E-state index in [9.17, 15) is 4.79 Å². The van der Waals surface area contributed by atoms with Crippen LogP contribution in [-0.2, 0) is 20.7 Å². The Hall–Kier alpha value is -3.96. The van der Waals surface area contributed by atoms with Crippen molar-refractivity contribution in [2.45, 2.75) is 57.5 Å². The van der Waals surface area contributed by atoms with Gasteiger partial charge in [-0.05, 0) is 95.9 Å². The summed E-state index contributed by atoms with van der Waals surface area (Å²) in [6, 6.07) is 27.4. The zero-order valence-corrected chi connectivity index (χ0v) is 26.4. The van der Waals surface area contributed by atoms with E-state index in [0.29, 0.717) is 55.8 Å². The molecule has 0 radical (unpaired) electrons. The molecule has 4 aromatic rings. The minimum Gasteiger partial charge on any atom is -0.497 e. The van der Waals surface area contributed by atoms with Gasteiger partial charge in [-0.1, -0.05) is 78.9 Å². The number of benzene rings is 4. The highest BCUT2D eigenvalue weighted by atomic mass is 19.1. The molecule has 0 N–H and O–H groups in total. The van der Waals surface area contributed by atoms with Crippen LogP contribution in [-0.4, -0.2) is 49.2 Å². The van der Waals surface area contributed by atoms with E-state index in [-0.39, 0.29) is 12.3 Å². The Bertz CT molecular complexity index is 1790. The monoisotopic (exact) mass is 603 g/mol. The molecule has 1 heterocycles. The van der Waals surface area contributed by atoms with Crippen molar-refractivity contribution >= 4 is 32.9 Å². The molecule has 2 unspecified atom stereocenters. The van der Waals surface area contributed by atoms with Crippen LogP contribution in [0.25, 0.3) is 27.1 Å². The van der Waals surface area contributed by atoms with Crippen LogP contribution >= 0.6 is 0 Å². The maximum atomic E-state index is 16.8. The molecule has 1 fully saturated rings. The fourth-order valence-corrected chi connectivity index (χ4v) is 8.07. The highest BCUT2D eigenvalue weighted by molar-refractivity contribution is 6.09. The van der Waals surface area contributed by atoms with Gasteiger partial charge in [-0.2, -0.15) is 0 Å². The summed E-state index contributed by atoms with van der Waals surface area (Å²) in [7, 11) is 0. The van der Waals surface area contributed by atoms with Crippen LogP contribution in [0, 0.1) is 5.92 Å². The molecule has 0 aromatic heterocycles. The molecule has 1 saturated heterocycles. The van der Waals surface area contributed by atoms with E-state index in [2.05, 4.69) is 53.4 Å². The standard InChI is InChI=1S/C40H42FNO3/c1-3-44-37-24-40(41,25-38(45-4-2)39(37)29-11-6-5-7-12-29)26-42-20-18-28(19-21-42)35-22-30(43)23-36-33-15-14-27-10-8-9-13-31(27)32(33)16-17-34(35)36/h5-17,24,28,35H,3-4,18-23,25-26H2,1-2H3. The quantitative estimate of drug-likeness (QED) is 0.189. The number of fused-ring (bicyclic) bond motifs is 5. The summed E-state index contributed by atoms with van der Waals surface area (Å²) in [4.78, 5) is 15.4. The van der Waals surface area contributed by atoms with E-state index >= 15 is 4.39 Å². The SMILES string of the molecule is CCOC1=CC(F)(CN2CCC(C3CC(=O)Cc4c3ccc3c4ccc4ccccc43)CC2)CC(OCC)=C1c1ccccc1. The second-order valence-electron chi connectivity index (χ2n) is 12.9. The fraction of sp³-hybridized carbons (Fsp3) is 0.375. The summed E-state index contributed by atoms with van der Waals surface area (Å²) < 4.78 is 28.9. The number of rotatable bonds is 8. The van der Waals surface area contributed by atoms with Crippen molar-refractivity contribution in [3.05, 3.63) is 113 Å². The lowest BCUT2D eigenvalue weighted by Crippen LogP contribution is -2.45. The number of allylic oxidation sites excluding steroid dienone is 2. The molecule has 1 aliphatic heterocycles. The first-order chi connectivity index (χ1) is 22.0. The lowest BCUT2D eigenvalue weighted by Gasteiger charge is -2.41. The zero-order valence-electron chi connectivity index (χ0n) is 26.4. The van der Waals surface area contributed by atoms with E-state index in [4.69, 9.17) is 9.47 Å². The Labute approximate surface area is 265 Å². The number of likely N-dealkylation sites (tertiary alicyclic amines) is 1. The summed E-state index contributed by atoms with van der Waals surface area (Å²) in [6.45, 7) is 6.72. The lowest BCUT2D eigenvalue weighted by molar-refractivity contribution is -0.119. The minimum atomic E-state index is -1.59. The third-order valence-corrected chi connectivity index (χ3v) is 10.0. The van der Waals surface area contributed by atoms with Crippen LogP contribution in [0.3, 0.4) is 0 Å². The third kappa shape index (κ3) is 5.79. The Morgan fingerprint density at radius 2 is 1.58 bits per heavy atom. The van der Waals surface area contributed by atoms with Crippen LogP contribution in [0.2, 0.25) is 0 Å². The van der Waals surface area contributed by atoms with Crippen LogP contribution in [0.5, 0.6) is 0 Å². The Balaban J connectivity index is 1.10. The topological polar surface area (TPSA) is 38.8 Å². The van der Waals surface area contributed by atoms with Gasteiger partial charge in [0.1, 0.15) is 17.3 Å². The molecule has 0 saturated carbocycles. The Morgan fingerprint density at radius 1 is 0.844 bits per heavy atom. The van der Waals surface area contributed by atoms with Gasteiger partial charge in [0.05, 0.1) is 18.8 Å². The molecule has 232 valence electrons. The molecule has 4 aromatic carbocycles. The molecule has 5 heteroatoms. The maximum Gasteiger partial charge on any atom is 0.152 e.